The van der Waals surface area contributed by atoms with E-state index in [1.807, 2.05) is 0 Å². The van der Waals surface area contributed by atoms with Gasteiger partial charge in [0.05, 0.1) is 5.75 Å². The van der Waals surface area contributed by atoms with E-state index in [1.165, 1.54) is 17.5 Å². The number of anilines is 1. The number of carbonyl (C=O) groups excluding carboxylic acids is 4. The first-order chi connectivity index (χ1) is 21.1. The minimum atomic E-state index is -4.42. The first kappa shape index (κ1) is 33.4. The number of β-lactam (4-membered cyclic amide) rings is 1. The van der Waals surface area contributed by atoms with E-state index in [0.29, 0.717) is 6.41 Å². The molecule has 1 unspecified atom stereocenters. The number of carboxylic acid groups (broad SMARTS) is 1. The third kappa shape index (κ3) is 7.78. The van der Waals surface area contributed by atoms with E-state index >= 15 is 0 Å². The lowest BCUT2D eigenvalue weighted by molar-refractivity contribution is -0.160. The highest BCUT2D eigenvalue weighted by Gasteiger charge is 2.55. The van der Waals surface area contributed by atoms with Gasteiger partial charge in [0.1, 0.15) is 27.6 Å². The second-order valence-corrected chi connectivity index (χ2v) is 13.9. The van der Waals surface area contributed by atoms with Crippen LogP contribution in [-0.2, 0) is 47.8 Å². The lowest BCUT2D eigenvalue weighted by atomic mass is 10.0. The van der Waals surface area contributed by atoms with Crippen molar-refractivity contribution in [2.24, 2.45) is 5.16 Å². The average Bonchev–Trinajstić information content (AvgIpc) is 3.41. The van der Waals surface area contributed by atoms with Crippen LogP contribution in [0.4, 0.5) is 5.13 Å². The van der Waals surface area contributed by atoms with Gasteiger partial charge in [0.2, 0.25) is 13.0 Å². The summed E-state index contributed by atoms with van der Waals surface area (Å²) in [6.07, 6.45) is 0.373. The van der Waals surface area contributed by atoms with Crippen molar-refractivity contribution in [3.8, 4) is 0 Å². The Hall–Kier alpha value is -4.49. The molecule has 3 heterocycles. The number of nitrogens with zero attached hydrogens (tertiary/aromatic N) is 3. The van der Waals surface area contributed by atoms with Gasteiger partial charge in [0, 0.05) is 5.38 Å². The molecule has 0 spiro atoms. The van der Waals surface area contributed by atoms with E-state index in [4.69, 9.17) is 13.8 Å². The molecule has 1 saturated heterocycles. The van der Waals surface area contributed by atoms with E-state index in [0.717, 1.165) is 33.6 Å². The number of aryl methyl sites for hydroxylation is 1. The second-order valence-electron chi connectivity index (χ2n) is 10.4. The Morgan fingerprint density at radius 3 is 2.53 bits per heavy atom. The maximum absolute atomic E-state index is 13.3. The number of amides is 3. The Labute approximate surface area is 264 Å². The summed E-state index contributed by atoms with van der Waals surface area (Å²) in [4.78, 5) is 71.2. The maximum Gasteiger partial charge on any atom is 0.356 e. The quantitative estimate of drug-likeness (QED) is 0.0717. The van der Waals surface area contributed by atoms with Crippen molar-refractivity contribution in [1.82, 2.24) is 15.2 Å². The van der Waals surface area contributed by atoms with Gasteiger partial charge in [-0.1, -0.05) is 22.9 Å². The maximum atomic E-state index is 13.3. The highest BCUT2D eigenvalue weighted by atomic mass is 32.2. The number of hydrogen-bond acceptors (Lipinski definition) is 14. The zero-order valence-electron chi connectivity index (χ0n) is 24.1. The van der Waals surface area contributed by atoms with Crippen LogP contribution in [-0.4, -0.2) is 88.7 Å². The van der Waals surface area contributed by atoms with Crippen molar-refractivity contribution < 1.29 is 51.3 Å². The standard InChI is InChI=1S/C26H27N5O11S3/c1-13-5-7-14(8-6-13)45(38,39)42-16-11-43-23-19(22(35)31(23)20(16)24(36)37)29-21(34)18(15-10-44-25(28-15)27-12-32)30-40-9-17(33)41-26(2,3)4/h5-8,10,12,19,23H,9,11H2,1-4H3,(H,29,34)(H,36,37)(H,27,28,32)/t19?,23-/m0/s1. The van der Waals surface area contributed by atoms with Crippen molar-refractivity contribution in [3.05, 3.63) is 52.4 Å². The zero-order valence-corrected chi connectivity index (χ0v) is 26.6. The van der Waals surface area contributed by atoms with Gasteiger partial charge >= 0.3 is 22.1 Å². The number of benzene rings is 1. The molecule has 1 aromatic carbocycles. The van der Waals surface area contributed by atoms with Crippen LogP contribution in [0, 0.1) is 6.92 Å². The Morgan fingerprint density at radius 2 is 1.91 bits per heavy atom. The SMILES string of the molecule is Cc1ccc(S(=O)(=O)OC2=C(C(=O)O)N3C(=O)C(NC(=O)C(=NOCC(=O)OC(C)(C)C)c4csc(NC=O)n4)[C@@H]3SC2)cc1. The molecular weight excluding hydrogens is 655 g/mol. The summed E-state index contributed by atoms with van der Waals surface area (Å²) < 4.78 is 35.9. The fraction of sp³-hybridized carbons (Fsp3) is 0.346. The Bertz CT molecular complexity index is 1690. The van der Waals surface area contributed by atoms with Crippen LogP contribution >= 0.6 is 23.1 Å². The normalized spacial score (nSPS) is 18.4. The number of oxime groups is 1. The van der Waals surface area contributed by atoms with Crippen molar-refractivity contribution in [1.29, 1.82) is 0 Å². The van der Waals surface area contributed by atoms with Gasteiger partial charge in [-0.3, -0.25) is 19.3 Å². The van der Waals surface area contributed by atoms with Gasteiger partial charge in [-0.25, -0.2) is 14.6 Å². The molecule has 3 N–H and O–H groups in total. The van der Waals surface area contributed by atoms with Crippen LogP contribution in [0.2, 0.25) is 0 Å². The number of esters is 1. The Kier molecular flexibility index (Phi) is 9.83. The van der Waals surface area contributed by atoms with Crippen molar-refractivity contribution >= 4 is 74.2 Å². The van der Waals surface area contributed by atoms with Crippen LogP contribution < -0.4 is 10.6 Å². The summed E-state index contributed by atoms with van der Waals surface area (Å²) in [5.41, 5.74) is -1.20. The minimum Gasteiger partial charge on any atom is -0.476 e. The molecule has 16 nitrogen and oxygen atoms in total. The fourth-order valence-electron chi connectivity index (χ4n) is 3.97. The molecule has 3 amide bonds. The van der Waals surface area contributed by atoms with Crippen LogP contribution in [0.1, 0.15) is 32.0 Å². The van der Waals surface area contributed by atoms with E-state index < -0.39 is 74.7 Å². The molecule has 0 bridgehead atoms. The van der Waals surface area contributed by atoms with E-state index in [1.54, 1.807) is 39.8 Å². The number of ether oxygens (including phenoxy) is 1. The van der Waals surface area contributed by atoms with E-state index in [-0.39, 0.29) is 21.5 Å². The van der Waals surface area contributed by atoms with Gasteiger partial charge in [0.15, 0.2) is 22.3 Å². The summed E-state index contributed by atoms with van der Waals surface area (Å²) in [6.45, 7) is 6.04. The summed E-state index contributed by atoms with van der Waals surface area (Å²) in [7, 11) is -4.42. The molecule has 0 aliphatic carbocycles. The summed E-state index contributed by atoms with van der Waals surface area (Å²) in [6, 6.07) is 4.45. The molecule has 2 aliphatic rings. The predicted molar refractivity (Wildman–Crippen MR) is 159 cm³/mol. The molecule has 45 heavy (non-hydrogen) atoms. The third-order valence-corrected chi connectivity index (χ3v) is 9.14. The summed E-state index contributed by atoms with van der Waals surface area (Å²) >= 11 is 1.92. The van der Waals surface area contributed by atoms with Crippen LogP contribution in [0.15, 0.2) is 51.2 Å². The molecule has 2 atom stereocenters. The molecule has 0 radical (unpaired) electrons. The molecule has 1 fully saturated rings. The third-order valence-electron chi connectivity index (χ3n) is 5.85. The van der Waals surface area contributed by atoms with Crippen molar-refractivity contribution in [2.75, 3.05) is 17.7 Å². The second kappa shape index (κ2) is 13.2. The van der Waals surface area contributed by atoms with Crippen LogP contribution in [0.3, 0.4) is 0 Å². The number of aromatic nitrogens is 1. The zero-order chi connectivity index (χ0) is 33.1. The lowest BCUT2D eigenvalue weighted by Crippen LogP contribution is -2.71. The number of nitrogens with one attached hydrogen (secondary N) is 2. The monoisotopic (exact) mass is 681 g/mol. The highest BCUT2D eigenvalue weighted by molar-refractivity contribution is 8.00. The average molecular weight is 682 g/mol. The Balaban J connectivity index is 1.53. The van der Waals surface area contributed by atoms with Gasteiger partial charge in [0.25, 0.3) is 11.8 Å². The van der Waals surface area contributed by atoms with Gasteiger partial charge < -0.3 is 29.5 Å². The highest BCUT2D eigenvalue weighted by Crippen LogP contribution is 2.41. The van der Waals surface area contributed by atoms with Crippen molar-refractivity contribution in [3.63, 3.8) is 0 Å². The molecule has 19 heteroatoms. The van der Waals surface area contributed by atoms with E-state index in [9.17, 15) is 37.5 Å². The molecule has 240 valence electrons. The number of thioether (sulfide) groups is 1. The van der Waals surface area contributed by atoms with Gasteiger partial charge in [-0.15, -0.1) is 23.1 Å². The summed E-state index contributed by atoms with van der Waals surface area (Å²) in [5.74, 6) is -4.92. The number of rotatable bonds is 12. The number of thiazole rings is 1. The minimum absolute atomic E-state index is 0.0610. The van der Waals surface area contributed by atoms with Crippen LogP contribution in [0.25, 0.3) is 0 Å². The fourth-order valence-corrected chi connectivity index (χ4v) is 6.93. The van der Waals surface area contributed by atoms with Gasteiger partial charge in [-0.2, -0.15) is 8.42 Å². The van der Waals surface area contributed by atoms with Gasteiger partial charge in [-0.05, 0) is 39.8 Å². The molecule has 4 rings (SSSR count). The molecular formula is C26H27N5O11S3. The topological polar surface area (TPSA) is 220 Å². The molecule has 0 saturated carbocycles. The smallest absolute Gasteiger partial charge is 0.356 e. The predicted octanol–water partition coefficient (Wildman–Crippen LogP) is 1.18. The first-order valence-corrected chi connectivity index (χ1v) is 16.3. The number of hydrogen-bond donors (Lipinski definition) is 3. The molecule has 2 aromatic rings. The molecule has 2 aliphatic heterocycles. The number of fused-ring (bicyclic) bond motifs is 1. The first-order valence-electron chi connectivity index (χ1n) is 12.9. The molecule has 1 aromatic heterocycles. The number of carboxylic acids is 1. The lowest BCUT2D eigenvalue weighted by Gasteiger charge is -2.48. The summed E-state index contributed by atoms with van der Waals surface area (Å²) in [5, 5.41) is 18.9. The Morgan fingerprint density at radius 1 is 1.22 bits per heavy atom. The number of carbonyl (C=O) groups is 5. The number of aliphatic carboxylic acids is 1. The largest absolute Gasteiger partial charge is 0.476 e. The van der Waals surface area contributed by atoms with Crippen LogP contribution in [0.5, 0.6) is 0 Å². The van der Waals surface area contributed by atoms with E-state index in [2.05, 4.69) is 20.8 Å². The van der Waals surface area contributed by atoms with Crippen molar-refractivity contribution in [2.45, 2.75) is 49.6 Å².